The Morgan fingerprint density at radius 2 is 1.95 bits per heavy atom. The highest BCUT2D eigenvalue weighted by Crippen LogP contribution is 2.27. The Hall–Kier alpha value is -1.55. The molecule has 4 nitrogen and oxygen atoms in total. The van der Waals surface area contributed by atoms with Gasteiger partial charge in [0.2, 0.25) is 0 Å². The second-order valence-electron chi connectivity index (χ2n) is 5.44. The van der Waals surface area contributed by atoms with Crippen LogP contribution >= 0.6 is 0 Å². The molecule has 0 fully saturated rings. The quantitative estimate of drug-likeness (QED) is 0.801. The number of hydrogen-bond donors (Lipinski definition) is 1. The van der Waals surface area contributed by atoms with E-state index >= 15 is 0 Å². The lowest BCUT2D eigenvalue weighted by atomic mass is 10.0. The molecule has 0 aliphatic rings. The Kier molecular flexibility index (Phi) is 7.23. The van der Waals surface area contributed by atoms with Gasteiger partial charge in [-0.25, -0.2) is 0 Å². The molecule has 4 heteroatoms. The van der Waals surface area contributed by atoms with Gasteiger partial charge in [0, 0.05) is 24.7 Å². The zero-order valence-electron chi connectivity index (χ0n) is 13.8. The number of ether oxygens (including phenoxy) is 1. The normalized spacial score (nSPS) is 12.3. The fourth-order valence-corrected chi connectivity index (χ4v) is 2.15. The predicted molar refractivity (Wildman–Crippen MR) is 86.6 cm³/mol. The van der Waals surface area contributed by atoms with E-state index in [2.05, 4.69) is 25.2 Å². The van der Waals surface area contributed by atoms with Gasteiger partial charge in [-0.15, -0.1) is 0 Å². The number of hydrogen-bond acceptors (Lipinski definition) is 3. The molecule has 1 unspecified atom stereocenters. The zero-order valence-corrected chi connectivity index (χ0v) is 13.8. The van der Waals surface area contributed by atoms with E-state index in [1.807, 2.05) is 32.0 Å². The second kappa shape index (κ2) is 8.67. The van der Waals surface area contributed by atoms with Gasteiger partial charge < -0.3 is 15.0 Å². The van der Waals surface area contributed by atoms with E-state index in [1.165, 1.54) is 0 Å². The first-order chi connectivity index (χ1) is 10.0. The van der Waals surface area contributed by atoms with Crippen LogP contribution in [0.3, 0.4) is 0 Å². The molecule has 0 aliphatic heterocycles. The monoisotopic (exact) mass is 292 g/mol. The Balaban J connectivity index is 2.77. The van der Waals surface area contributed by atoms with Crippen LogP contribution in [0.25, 0.3) is 0 Å². The van der Waals surface area contributed by atoms with Crippen molar-refractivity contribution >= 4 is 5.91 Å². The average Bonchev–Trinajstić information content (AvgIpc) is 2.49. The average molecular weight is 292 g/mol. The van der Waals surface area contributed by atoms with Gasteiger partial charge >= 0.3 is 0 Å². The smallest absolute Gasteiger partial charge is 0.260 e. The number of benzene rings is 1. The lowest BCUT2D eigenvalue weighted by molar-refractivity contribution is -0.133. The molecule has 0 saturated heterocycles. The number of para-hydroxylation sites is 1. The van der Waals surface area contributed by atoms with Crippen molar-refractivity contribution < 1.29 is 9.53 Å². The van der Waals surface area contributed by atoms with Crippen molar-refractivity contribution in [1.82, 2.24) is 10.2 Å². The molecule has 0 saturated carbocycles. The van der Waals surface area contributed by atoms with Gasteiger partial charge in [-0.1, -0.05) is 32.0 Å². The molecule has 1 aromatic carbocycles. The van der Waals surface area contributed by atoms with Gasteiger partial charge in [-0.3, -0.25) is 4.79 Å². The highest BCUT2D eigenvalue weighted by molar-refractivity contribution is 5.77. The maximum absolute atomic E-state index is 12.0. The van der Waals surface area contributed by atoms with Crippen LogP contribution in [-0.2, 0) is 4.79 Å². The number of carbonyl (C=O) groups is 1. The highest BCUT2D eigenvalue weighted by Gasteiger charge is 2.16. The van der Waals surface area contributed by atoms with Crippen molar-refractivity contribution in [3.63, 3.8) is 0 Å². The number of amides is 1. The van der Waals surface area contributed by atoms with Crippen molar-refractivity contribution in [2.75, 3.05) is 20.2 Å². The summed E-state index contributed by atoms with van der Waals surface area (Å²) >= 11 is 0. The minimum absolute atomic E-state index is 0.00342. The minimum Gasteiger partial charge on any atom is -0.483 e. The van der Waals surface area contributed by atoms with Crippen molar-refractivity contribution in [3.05, 3.63) is 29.8 Å². The summed E-state index contributed by atoms with van der Waals surface area (Å²) < 4.78 is 5.77. The summed E-state index contributed by atoms with van der Waals surface area (Å²) in [6.07, 6.45) is 0.980. The number of nitrogens with one attached hydrogen (secondary N) is 1. The van der Waals surface area contributed by atoms with E-state index in [9.17, 15) is 4.79 Å². The molecule has 118 valence electrons. The largest absolute Gasteiger partial charge is 0.483 e. The van der Waals surface area contributed by atoms with Gasteiger partial charge in [0.15, 0.2) is 6.61 Å². The van der Waals surface area contributed by atoms with E-state index in [4.69, 9.17) is 4.74 Å². The Bertz CT molecular complexity index is 446. The Labute approximate surface area is 128 Å². The molecule has 0 aliphatic carbocycles. The lowest BCUT2D eigenvalue weighted by Gasteiger charge is -2.23. The second-order valence-corrected chi connectivity index (χ2v) is 5.44. The number of carbonyl (C=O) groups excluding carboxylic acids is 1. The topological polar surface area (TPSA) is 41.6 Å². The first-order valence-corrected chi connectivity index (χ1v) is 7.71. The fraction of sp³-hybridized carbons (Fsp3) is 0.588. The van der Waals surface area contributed by atoms with Gasteiger partial charge in [0.05, 0.1) is 0 Å². The summed E-state index contributed by atoms with van der Waals surface area (Å²) in [5.41, 5.74) is 1.11. The van der Waals surface area contributed by atoms with E-state index in [0.29, 0.717) is 0 Å². The summed E-state index contributed by atoms with van der Waals surface area (Å²) in [6, 6.07) is 8.37. The molecule has 21 heavy (non-hydrogen) atoms. The molecule has 0 aromatic heterocycles. The molecule has 1 rings (SSSR count). The third-order valence-corrected chi connectivity index (χ3v) is 3.67. The molecule has 0 heterocycles. The molecular weight excluding hydrogens is 264 g/mol. The minimum atomic E-state index is -0.00342. The van der Waals surface area contributed by atoms with Gasteiger partial charge in [-0.2, -0.15) is 0 Å². The predicted octanol–water partition coefficient (Wildman–Crippen LogP) is 2.99. The van der Waals surface area contributed by atoms with Crippen molar-refractivity contribution in [2.45, 2.75) is 46.2 Å². The molecule has 0 radical (unpaired) electrons. The summed E-state index contributed by atoms with van der Waals surface area (Å²) in [6.45, 7) is 9.19. The Morgan fingerprint density at radius 3 is 2.52 bits per heavy atom. The lowest BCUT2D eigenvalue weighted by Crippen LogP contribution is -2.36. The van der Waals surface area contributed by atoms with E-state index in [1.54, 1.807) is 11.9 Å². The summed E-state index contributed by atoms with van der Waals surface area (Å²) in [5.74, 6) is 0.784. The fourth-order valence-electron chi connectivity index (χ4n) is 2.15. The molecule has 1 amide bonds. The van der Waals surface area contributed by atoms with Crippen LogP contribution in [-0.4, -0.2) is 37.0 Å². The SMILES string of the molecule is CCNC(CC)c1ccccc1OCC(=O)N(C)C(C)C. The van der Waals surface area contributed by atoms with Crippen molar-refractivity contribution in [2.24, 2.45) is 0 Å². The van der Waals surface area contributed by atoms with E-state index in [-0.39, 0.29) is 24.6 Å². The third-order valence-electron chi connectivity index (χ3n) is 3.67. The van der Waals surface area contributed by atoms with Crippen molar-refractivity contribution in [1.29, 1.82) is 0 Å². The Morgan fingerprint density at radius 1 is 1.29 bits per heavy atom. The van der Waals surface area contributed by atoms with Crippen LogP contribution in [0.4, 0.5) is 0 Å². The first-order valence-electron chi connectivity index (χ1n) is 7.71. The molecule has 1 aromatic rings. The molecule has 0 spiro atoms. The third kappa shape index (κ3) is 5.05. The highest BCUT2D eigenvalue weighted by atomic mass is 16.5. The molecule has 1 N–H and O–H groups in total. The zero-order chi connectivity index (χ0) is 15.8. The first kappa shape index (κ1) is 17.5. The van der Waals surface area contributed by atoms with E-state index in [0.717, 1.165) is 24.3 Å². The summed E-state index contributed by atoms with van der Waals surface area (Å²) in [4.78, 5) is 13.7. The van der Waals surface area contributed by atoms with Crippen molar-refractivity contribution in [3.8, 4) is 5.75 Å². The van der Waals surface area contributed by atoms with Gasteiger partial charge in [0.1, 0.15) is 5.75 Å². The molecule has 1 atom stereocenters. The number of likely N-dealkylation sites (N-methyl/N-ethyl adjacent to an activating group) is 1. The molecule has 0 bridgehead atoms. The summed E-state index contributed by atoms with van der Waals surface area (Å²) in [5, 5.41) is 3.44. The van der Waals surface area contributed by atoms with Gasteiger partial charge in [-0.05, 0) is 32.9 Å². The molecular formula is C17H28N2O2. The van der Waals surface area contributed by atoms with Crippen LogP contribution in [0.2, 0.25) is 0 Å². The van der Waals surface area contributed by atoms with E-state index < -0.39 is 0 Å². The maximum atomic E-state index is 12.0. The van der Waals surface area contributed by atoms with Crippen LogP contribution in [0, 0.1) is 0 Å². The number of rotatable bonds is 8. The van der Waals surface area contributed by atoms with Crippen LogP contribution in [0.1, 0.15) is 45.7 Å². The summed E-state index contributed by atoms with van der Waals surface area (Å²) in [7, 11) is 1.80. The standard InChI is InChI=1S/C17H28N2O2/c1-6-15(18-7-2)14-10-8-9-11-16(14)21-12-17(20)19(5)13(3)4/h8-11,13,15,18H,6-7,12H2,1-5H3. The van der Waals surface area contributed by atoms with Gasteiger partial charge in [0.25, 0.3) is 5.91 Å². The van der Waals surface area contributed by atoms with Crippen LogP contribution < -0.4 is 10.1 Å². The van der Waals surface area contributed by atoms with Crippen LogP contribution in [0.15, 0.2) is 24.3 Å². The van der Waals surface area contributed by atoms with Crippen LogP contribution in [0.5, 0.6) is 5.75 Å². The maximum Gasteiger partial charge on any atom is 0.260 e. The number of nitrogens with zero attached hydrogens (tertiary/aromatic N) is 1.